The number of rotatable bonds is 4. The molecule has 32 heavy (non-hydrogen) atoms. The van der Waals surface area contributed by atoms with Crippen LogP contribution in [0.2, 0.25) is 5.02 Å². The van der Waals surface area contributed by atoms with Crippen LogP contribution >= 0.6 is 11.6 Å². The zero-order chi connectivity index (χ0) is 22.2. The summed E-state index contributed by atoms with van der Waals surface area (Å²) in [5, 5.41) is 5.17. The molecule has 5 rings (SSSR count). The Balaban J connectivity index is 1.40. The van der Waals surface area contributed by atoms with Crippen LogP contribution in [0, 0.1) is 5.82 Å². The Hall–Kier alpha value is -2.57. The molecule has 0 spiro atoms. The first-order chi connectivity index (χ1) is 15.5. The molecule has 2 fully saturated rings. The molecule has 2 aliphatic rings. The van der Waals surface area contributed by atoms with E-state index in [4.69, 9.17) is 11.6 Å². The van der Waals surface area contributed by atoms with Gasteiger partial charge in [-0.25, -0.2) is 4.39 Å². The maximum Gasteiger partial charge on any atom is 0.256 e. The molecule has 3 aromatic rings. The maximum absolute atomic E-state index is 14.2. The van der Waals surface area contributed by atoms with E-state index >= 15 is 0 Å². The highest BCUT2D eigenvalue weighted by molar-refractivity contribution is 6.31. The van der Waals surface area contributed by atoms with Crippen molar-refractivity contribution >= 4 is 34.1 Å². The summed E-state index contributed by atoms with van der Waals surface area (Å²) >= 11 is 6.32. The molecule has 2 aliphatic heterocycles. The van der Waals surface area contributed by atoms with Gasteiger partial charge in [0.15, 0.2) is 0 Å². The van der Waals surface area contributed by atoms with Gasteiger partial charge < -0.3 is 19.7 Å². The van der Waals surface area contributed by atoms with Crippen LogP contribution in [0.25, 0.3) is 10.9 Å². The van der Waals surface area contributed by atoms with Crippen molar-refractivity contribution < 1.29 is 9.18 Å². The first-order valence-electron chi connectivity index (χ1n) is 11.3. The molecule has 0 radical (unpaired) electrons. The zero-order valence-corrected chi connectivity index (χ0v) is 19.0. The normalized spacial score (nSPS) is 20.2. The molecule has 2 aromatic carbocycles. The van der Waals surface area contributed by atoms with E-state index in [0.717, 1.165) is 23.9 Å². The topological polar surface area (TPSA) is 40.5 Å². The Labute approximate surface area is 192 Å². The first-order valence-corrected chi connectivity index (χ1v) is 11.7. The smallest absolute Gasteiger partial charge is 0.256 e. The number of aromatic nitrogens is 1. The fourth-order valence-corrected chi connectivity index (χ4v) is 5.24. The third kappa shape index (κ3) is 3.86. The van der Waals surface area contributed by atoms with E-state index in [2.05, 4.69) is 16.8 Å². The van der Waals surface area contributed by atoms with Crippen molar-refractivity contribution in [3.63, 3.8) is 0 Å². The minimum Gasteiger partial charge on any atom is -0.366 e. The van der Waals surface area contributed by atoms with Gasteiger partial charge in [-0.15, -0.1) is 0 Å². The summed E-state index contributed by atoms with van der Waals surface area (Å²) < 4.78 is 16.4. The van der Waals surface area contributed by atoms with Crippen LogP contribution < -0.4 is 10.2 Å². The molecule has 0 aliphatic carbocycles. The van der Waals surface area contributed by atoms with E-state index in [9.17, 15) is 9.18 Å². The molecular formula is C25H28ClFN4O. The Bertz CT molecular complexity index is 1130. The molecule has 7 heteroatoms. The molecule has 2 atom stereocenters. The van der Waals surface area contributed by atoms with Crippen molar-refractivity contribution in [2.24, 2.45) is 0 Å². The molecule has 2 saturated heterocycles. The average Bonchev–Trinajstić information content (AvgIpc) is 3.47. The van der Waals surface area contributed by atoms with Crippen LogP contribution in [0.1, 0.15) is 36.2 Å². The molecule has 1 aromatic heterocycles. The van der Waals surface area contributed by atoms with E-state index < -0.39 is 0 Å². The number of amides is 1. The molecule has 168 valence electrons. The second-order valence-corrected chi connectivity index (χ2v) is 9.22. The lowest BCUT2D eigenvalue weighted by Gasteiger charge is -2.36. The minimum atomic E-state index is -0.221. The number of benzene rings is 2. The van der Waals surface area contributed by atoms with Gasteiger partial charge in [0.05, 0.1) is 16.8 Å². The molecule has 1 unspecified atom stereocenters. The lowest BCUT2D eigenvalue weighted by Crippen LogP contribution is -2.49. The molecule has 5 nitrogen and oxygen atoms in total. The zero-order valence-electron chi connectivity index (χ0n) is 18.2. The summed E-state index contributed by atoms with van der Waals surface area (Å²) in [5.41, 5.74) is 2.30. The third-order valence-electron chi connectivity index (χ3n) is 6.91. The monoisotopic (exact) mass is 454 g/mol. The van der Waals surface area contributed by atoms with Crippen LogP contribution in [0.15, 0.2) is 48.7 Å². The van der Waals surface area contributed by atoms with Crippen LogP contribution in [-0.4, -0.2) is 54.1 Å². The average molecular weight is 455 g/mol. The van der Waals surface area contributed by atoms with Crippen molar-refractivity contribution in [1.82, 2.24) is 14.8 Å². The predicted molar refractivity (Wildman–Crippen MR) is 127 cm³/mol. The molecular weight excluding hydrogens is 427 g/mol. The van der Waals surface area contributed by atoms with E-state index in [1.165, 1.54) is 12.5 Å². The molecule has 1 N–H and O–H groups in total. The maximum atomic E-state index is 14.2. The number of nitrogens with one attached hydrogen (secondary N) is 1. The summed E-state index contributed by atoms with van der Waals surface area (Å²) in [6.07, 6.45) is 4.30. The van der Waals surface area contributed by atoms with Crippen LogP contribution in [0.4, 0.5) is 10.1 Å². The Kier molecular flexibility index (Phi) is 5.82. The number of hydrogen-bond donors (Lipinski definition) is 1. The number of para-hydroxylation sites is 1. The SMILES string of the molecule is C[C@@H](C1CCCN1)n1cc(C(=O)N2CCN(c3ccccc3F)CC2)c2ccc(Cl)cc21. The van der Waals surface area contributed by atoms with E-state index in [0.29, 0.717) is 48.5 Å². The van der Waals surface area contributed by atoms with Crippen LogP contribution in [-0.2, 0) is 0 Å². The lowest BCUT2D eigenvalue weighted by atomic mass is 10.1. The van der Waals surface area contributed by atoms with Crippen LogP contribution in [0.3, 0.4) is 0 Å². The summed E-state index contributed by atoms with van der Waals surface area (Å²) in [6.45, 7) is 5.58. The van der Waals surface area contributed by atoms with Crippen molar-refractivity contribution in [2.45, 2.75) is 31.8 Å². The number of carbonyl (C=O) groups excluding carboxylic acids is 1. The van der Waals surface area contributed by atoms with E-state index in [-0.39, 0.29) is 17.8 Å². The number of carbonyl (C=O) groups is 1. The summed E-state index contributed by atoms with van der Waals surface area (Å²) in [5.74, 6) is -0.197. The van der Waals surface area contributed by atoms with Gasteiger partial charge in [-0.3, -0.25) is 4.79 Å². The van der Waals surface area contributed by atoms with Gasteiger partial charge in [0.1, 0.15) is 5.82 Å². The van der Waals surface area contributed by atoms with Crippen molar-refractivity contribution in [1.29, 1.82) is 0 Å². The lowest BCUT2D eigenvalue weighted by molar-refractivity contribution is 0.0748. The number of anilines is 1. The third-order valence-corrected chi connectivity index (χ3v) is 7.14. The van der Waals surface area contributed by atoms with Gasteiger partial charge in [-0.2, -0.15) is 0 Å². The van der Waals surface area contributed by atoms with Gasteiger partial charge in [0.25, 0.3) is 5.91 Å². The number of nitrogens with zero attached hydrogens (tertiary/aromatic N) is 3. The van der Waals surface area contributed by atoms with Gasteiger partial charge in [-0.1, -0.05) is 29.8 Å². The number of piperazine rings is 1. The number of hydrogen-bond acceptors (Lipinski definition) is 3. The summed E-state index contributed by atoms with van der Waals surface area (Å²) in [7, 11) is 0. The largest absolute Gasteiger partial charge is 0.366 e. The Morgan fingerprint density at radius 3 is 2.66 bits per heavy atom. The first kappa shape index (κ1) is 21.3. The standard InChI is InChI=1S/C25H28ClFN4O/c1-17(22-6-4-10-28-22)31-16-20(19-9-8-18(26)15-24(19)31)25(32)30-13-11-29(12-14-30)23-7-3-2-5-21(23)27/h2-3,5,7-9,15-17,22,28H,4,6,10-14H2,1H3/t17-,22?/m0/s1. The minimum absolute atomic E-state index is 0.0239. The van der Waals surface area contributed by atoms with Gasteiger partial charge >= 0.3 is 0 Å². The molecule has 3 heterocycles. The number of fused-ring (bicyclic) bond motifs is 1. The Morgan fingerprint density at radius 1 is 1.16 bits per heavy atom. The fourth-order valence-electron chi connectivity index (χ4n) is 5.08. The number of halogens is 2. The van der Waals surface area contributed by atoms with Gasteiger partial charge in [0.2, 0.25) is 0 Å². The highest BCUT2D eigenvalue weighted by atomic mass is 35.5. The van der Waals surface area contributed by atoms with Gasteiger partial charge in [-0.05, 0) is 50.6 Å². The van der Waals surface area contributed by atoms with Crippen molar-refractivity contribution in [3.05, 3.63) is 65.1 Å². The fraction of sp³-hybridized carbons (Fsp3) is 0.400. The van der Waals surface area contributed by atoms with Crippen molar-refractivity contribution in [2.75, 3.05) is 37.6 Å². The van der Waals surface area contributed by atoms with E-state index in [1.807, 2.05) is 40.3 Å². The second kappa shape index (κ2) is 8.75. The van der Waals surface area contributed by atoms with Gasteiger partial charge in [0, 0.05) is 54.9 Å². The molecule has 0 bridgehead atoms. The summed E-state index contributed by atoms with van der Waals surface area (Å²) in [4.78, 5) is 17.4. The highest BCUT2D eigenvalue weighted by Gasteiger charge is 2.29. The quantitative estimate of drug-likeness (QED) is 0.620. The summed E-state index contributed by atoms with van der Waals surface area (Å²) in [6, 6.07) is 13.2. The molecule has 1 amide bonds. The van der Waals surface area contributed by atoms with Crippen molar-refractivity contribution in [3.8, 4) is 0 Å². The molecule has 0 saturated carbocycles. The second-order valence-electron chi connectivity index (χ2n) is 8.79. The van der Waals surface area contributed by atoms with E-state index in [1.54, 1.807) is 12.1 Å². The predicted octanol–water partition coefficient (Wildman–Crippen LogP) is 4.71. The Morgan fingerprint density at radius 2 is 1.94 bits per heavy atom. The highest BCUT2D eigenvalue weighted by Crippen LogP contribution is 2.31. The van der Waals surface area contributed by atoms with Crippen LogP contribution in [0.5, 0.6) is 0 Å².